The average molecular weight is 548 g/mol. The highest BCUT2D eigenvalue weighted by Gasteiger charge is 2.41. The summed E-state index contributed by atoms with van der Waals surface area (Å²) in [5, 5.41) is 28.3. The summed E-state index contributed by atoms with van der Waals surface area (Å²) < 4.78 is 0. The summed E-state index contributed by atoms with van der Waals surface area (Å²) in [6.07, 6.45) is 0. The Morgan fingerprint density at radius 1 is 0.439 bits per heavy atom. The molecule has 5 heteroatoms. The Hall–Kier alpha value is -4.68. The van der Waals surface area contributed by atoms with E-state index in [1.54, 1.807) is 12.1 Å². The van der Waals surface area contributed by atoms with Gasteiger partial charge in [-0.2, -0.15) is 0 Å². The van der Waals surface area contributed by atoms with Gasteiger partial charge in [0.15, 0.2) is 8.07 Å². The van der Waals surface area contributed by atoms with Crippen molar-refractivity contribution in [2.24, 2.45) is 0 Å². The largest absolute Gasteiger partial charge is 0.490 e. The summed E-state index contributed by atoms with van der Waals surface area (Å²) in [6.45, 7) is 0. The Balaban J connectivity index is 1.50. The SMILES string of the molecule is OB(O)c1ccccc1Nc1cccc(-c2cccc([Si](c3ccccc3)(c3ccccc3)c3ccccc3)c2)c1. The van der Waals surface area contributed by atoms with Gasteiger partial charge in [-0.05, 0) is 50.1 Å². The maximum Gasteiger partial charge on any atom is 0.490 e. The summed E-state index contributed by atoms with van der Waals surface area (Å²) in [5.74, 6) is 0. The fourth-order valence-corrected chi connectivity index (χ4v) is 10.6. The molecular formula is C36H30BNO2Si. The van der Waals surface area contributed by atoms with Crippen LogP contribution in [-0.4, -0.2) is 25.2 Å². The normalized spacial score (nSPS) is 11.2. The zero-order chi connectivity index (χ0) is 28.1. The average Bonchev–Trinajstić information content (AvgIpc) is 3.04. The maximum absolute atomic E-state index is 9.82. The Kier molecular flexibility index (Phi) is 7.65. The predicted octanol–water partition coefficient (Wildman–Crippen LogP) is 4.15. The van der Waals surface area contributed by atoms with E-state index >= 15 is 0 Å². The number of hydrogen-bond acceptors (Lipinski definition) is 3. The Bertz CT molecular complexity index is 1650. The third-order valence-corrected chi connectivity index (χ3v) is 12.4. The van der Waals surface area contributed by atoms with Gasteiger partial charge in [0.25, 0.3) is 0 Å². The second-order valence-corrected chi connectivity index (χ2v) is 13.9. The summed E-state index contributed by atoms with van der Waals surface area (Å²) >= 11 is 0. The molecule has 0 unspecified atom stereocenters. The van der Waals surface area contributed by atoms with Crippen LogP contribution in [0, 0.1) is 0 Å². The number of para-hydroxylation sites is 1. The van der Waals surface area contributed by atoms with Crippen LogP contribution < -0.4 is 31.5 Å². The van der Waals surface area contributed by atoms with E-state index in [1.807, 2.05) is 24.3 Å². The van der Waals surface area contributed by atoms with Gasteiger partial charge in [0, 0.05) is 16.8 Å². The van der Waals surface area contributed by atoms with E-state index in [4.69, 9.17) is 0 Å². The molecule has 0 saturated carbocycles. The molecule has 0 aliphatic heterocycles. The van der Waals surface area contributed by atoms with E-state index in [9.17, 15) is 10.0 Å². The van der Waals surface area contributed by atoms with Crippen LogP contribution in [-0.2, 0) is 0 Å². The molecule has 41 heavy (non-hydrogen) atoms. The van der Waals surface area contributed by atoms with Gasteiger partial charge >= 0.3 is 7.12 Å². The van der Waals surface area contributed by atoms with Crippen LogP contribution in [0.15, 0.2) is 164 Å². The molecule has 3 N–H and O–H groups in total. The molecule has 198 valence electrons. The quantitative estimate of drug-likeness (QED) is 0.198. The molecule has 0 aliphatic rings. The van der Waals surface area contributed by atoms with Crippen molar-refractivity contribution in [2.75, 3.05) is 5.32 Å². The second-order valence-electron chi connectivity index (χ2n) is 10.1. The maximum atomic E-state index is 9.82. The lowest BCUT2D eigenvalue weighted by atomic mass is 9.79. The minimum Gasteiger partial charge on any atom is -0.423 e. The van der Waals surface area contributed by atoms with E-state index in [-0.39, 0.29) is 0 Å². The van der Waals surface area contributed by atoms with Gasteiger partial charge in [-0.3, -0.25) is 0 Å². The van der Waals surface area contributed by atoms with Crippen molar-refractivity contribution < 1.29 is 10.0 Å². The van der Waals surface area contributed by atoms with E-state index in [2.05, 4.69) is 133 Å². The van der Waals surface area contributed by atoms with Crippen LogP contribution in [0.3, 0.4) is 0 Å². The van der Waals surface area contributed by atoms with Crippen LogP contribution in [0.4, 0.5) is 11.4 Å². The minimum atomic E-state index is -2.63. The molecule has 0 radical (unpaired) electrons. The van der Waals surface area contributed by atoms with E-state index in [0.717, 1.165) is 16.8 Å². The molecular weight excluding hydrogens is 517 g/mol. The van der Waals surface area contributed by atoms with Crippen molar-refractivity contribution in [3.05, 3.63) is 164 Å². The number of rotatable bonds is 8. The first-order chi connectivity index (χ1) is 20.2. The van der Waals surface area contributed by atoms with Crippen molar-refractivity contribution in [3.8, 4) is 11.1 Å². The number of hydrogen-bond donors (Lipinski definition) is 3. The molecule has 0 atom stereocenters. The fourth-order valence-electron chi connectivity index (χ4n) is 5.76. The van der Waals surface area contributed by atoms with Gasteiger partial charge < -0.3 is 15.4 Å². The smallest absolute Gasteiger partial charge is 0.423 e. The van der Waals surface area contributed by atoms with Crippen LogP contribution in [0.2, 0.25) is 0 Å². The Labute approximate surface area is 242 Å². The topological polar surface area (TPSA) is 52.5 Å². The summed E-state index contributed by atoms with van der Waals surface area (Å²) in [7, 11) is -4.18. The highest BCUT2D eigenvalue weighted by Crippen LogP contribution is 2.25. The molecule has 0 heterocycles. The van der Waals surface area contributed by atoms with Crippen molar-refractivity contribution in [2.45, 2.75) is 0 Å². The van der Waals surface area contributed by atoms with Crippen molar-refractivity contribution >= 4 is 52.8 Å². The molecule has 0 bridgehead atoms. The zero-order valence-corrected chi connectivity index (χ0v) is 23.6. The summed E-state index contributed by atoms with van der Waals surface area (Å²) in [4.78, 5) is 0. The molecule has 6 aromatic carbocycles. The minimum absolute atomic E-state index is 0.435. The standard InChI is InChI=1S/C36H30BNO2Si/c39-37(40)35-24-10-11-25-36(35)38-30-16-12-14-28(26-30)29-15-13-23-34(27-29)41(31-17-4-1-5-18-31,32-19-6-2-7-20-32)33-21-8-3-9-22-33/h1-27,38-40H. The zero-order valence-electron chi connectivity index (χ0n) is 22.6. The van der Waals surface area contributed by atoms with Crippen molar-refractivity contribution in [3.63, 3.8) is 0 Å². The van der Waals surface area contributed by atoms with Gasteiger partial charge in [0.2, 0.25) is 0 Å². The second kappa shape index (κ2) is 11.8. The molecule has 0 fully saturated rings. The summed E-state index contributed by atoms with van der Waals surface area (Å²) in [6, 6.07) is 57.2. The third-order valence-electron chi connectivity index (χ3n) is 7.63. The van der Waals surface area contributed by atoms with E-state index < -0.39 is 15.2 Å². The molecule has 6 rings (SSSR count). The molecule has 3 nitrogen and oxygen atoms in total. The monoisotopic (exact) mass is 547 g/mol. The lowest BCUT2D eigenvalue weighted by Gasteiger charge is -2.34. The van der Waals surface area contributed by atoms with Gasteiger partial charge in [-0.1, -0.05) is 146 Å². The molecule has 0 aromatic heterocycles. The first kappa shape index (κ1) is 26.5. The van der Waals surface area contributed by atoms with Crippen LogP contribution in [0.5, 0.6) is 0 Å². The van der Waals surface area contributed by atoms with Crippen LogP contribution in [0.1, 0.15) is 0 Å². The van der Waals surface area contributed by atoms with Gasteiger partial charge in [0.05, 0.1) is 0 Å². The lowest BCUT2D eigenvalue weighted by molar-refractivity contribution is 0.426. The fraction of sp³-hybridized carbons (Fsp3) is 0. The van der Waals surface area contributed by atoms with Crippen LogP contribution in [0.25, 0.3) is 11.1 Å². The van der Waals surface area contributed by atoms with Gasteiger partial charge in [-0.15, -0.1) is 0 Å². The molecule has 0 saturated heterocycles. The molecule has 0 spiro atoms. The summed E-state index contributed by atoms with van der Waals surface area (Å²) in [5.41, 5.74) is 4.18. The highest BCUT2D eigenvalue weighted by molar-refractivity contribution is 7.19. The van der Waals surface area contributed by atoms with Gasteiger partial charge in [-0.25, -0.2) is 0 Å². The predicted molar refractivity (Wildman–Crippen MR) is 175 cm³/mol. The Morgan fingerprint density at radius 2 is 0.902 bits per heavy atom. The molecule has 0 aliphatic carbocycles. The first-order valence-electron chi connectivity index (χ1n) is 13.8. The van der Waals surface area contributed by atoms with E-state index in [1.165, 1.54) is 20.7 Å². The van der Waals surface area contributed by atoms with Crippen molar-refractivity contribution in [1.29, 1.82) is 0 Å². The third kappa shape index (κ3) is 5.26. The number of anilines is 2. The van der Waals surface area contributed by atoms with Gasteiger partial charge in [0.1, 0.15) is 0 Å². The lowest BCUT2D eigenvalue weighted by Crippen LogP contribution is -2.74. The van der Waals surface area contributed by atoms with Crippen LogP contribution >= 0.6 is 0 Å². The molecule has 6 aromatic rings. The Morgan fingerprint density at radius 3 is 1.46 bits per heavy atom. The first-order valence-corrected chi connectivity index (χ1v) is 15.8. The highest BCUT2D eigenvalue weighted by atomic mass is 28.3. The molecule has 0 amide bonds. The number of benzene rings is 6. The van der Waals surface area contributed by atoms with Crippen molar-refractivity contribution in [1.82, 2.24) is 0 Å². The number of nitrogens with one attached hydrogen (secondary N) is 1. The van der Waals surface area contributed by atoms with E-state index in [0.29, 0.717) is 11.2 Å².